The molecule has 3 rings (SSSR count). The number of hydrogen-bond acceptors (Lipinski definition) is 16. The second-order valence-corrected chi connectivity index (χ2v) is 12.4. The first-order valence-corrected chi connectivity index (χ1v) is 18.2. The van der Waals surface area contributed by atoms with E-state index in [1.54, 1.807) is 42.5 Å². The van der Waals surface area contributed by atoms with Crippen LogP contribution in [0.2, 0.25) is 0 Å². The molecule has 3 aromatic carbocycles. The Bertz CT molecular complexity index is 1930. The molecule has 0 unspecified atom stereocenters. The fraction of sp³-hybridized carbons (Fsp3) is 0.366. The molecule has 3 aromatic rings. The van der Waals surface area contributed by atoms with E-state index in [9.17, 15) is 34.5 Å². The third-order valence-electron chi connectivity index (χ3n) is 7.84. The number of rotatable bonds is 24. The molecule has 0 aliphatic carbocycles. The second kappa shape index (κ2) is 24.9. The Labute approximate surface area is 340 Å². The van der Waals surface area contributed by atoms with Gasteiger partial charge < -0.3 is 53.2 Å². The van der Waals surface area contributed by atoms with Crippen LogP contribution in [-0.2, 0) is 72.0 Å². The largest absolute Gasteiger partial charge is 0.505 e. The lowest BCUT2D eigenvalue weighted by Crippen LogP contribution is -2.34. The van der Waals surface area contributed by atoms with Gasteiger partial charge in [0.15, 0.2) is 23.7 Å². The Morgan fingerprint density at radius 3 is 1.86 bits per heavy atom. The fourth-order valence-corrected chi connectivity index (χ4v) is 5.18. The van der Waals surface area contributed by atoms with E-state index in [4.69, 9.17) is 38.7 Å². The predicted octanol–water partition coefficient (Wildman–Crippen LogP) is 5.37. The number of hydrogen-bond donors (Lipinski definition) is 3. The molecule has 0 amide bonds. The van der Waals surface area contributed by atoms with Gasteiger partial charge in [0, 0.05) is 38.6 Å². The van der Waals surface area contributed by atoms with Crippen molar-refractivity contribution < 1.29 is 72.4 Å². The minimum atomic E-state index is -2.51. The number of ether oxygens (including phenoxy) is 8. The predicted molar refractivity (Wildman–Crippen MR) is 206 cm³/mol. The maximum atomic E-state index is 12.6. The molecule has 0 radical (unpaired) electrons. The minimum Gasteiger partial charge on any atom is -0.505 e. The van der Waals surface area contributed by atoms with Gasteiger partial charge in [-0.05, 0) is 40.8 Å². The van der Waals surface area contributed by atoms with Gasteiger partial charge in [0.05, 0.1) is 26.7 Å². The zero-order valence-electron chi connectivity index (χ0n) is 32.9. The maximum Gasteiger partial charge on any atom is 0.309 e. The molecular formula is C41H47N3O15. The minimum absolute atomic E-state index is 0.0957. The average molecular weight is 822 g/mol. The standard InChI is InChI=1S/C41H47N3O15/c1-26(45)55-33(20-22-53-24-30-11-7-5-8-12-30)37(59-40(50)38(57-28(3)47)36(49)34(56-27(2)46)23-35(48)52-4)39(54-25-31-13-9-6-10-14-31)41(51)58-32-17-15-29(16-18-32)19-21-43-44-42/h5-18,33-34,40-41,49-51H,19-25H2,1-4H3/b38-36+,39-37+/t33-,34+,40-,41-/m0/s1. The first kappa shape index (κ1) is 46.8. The average Bonchev–Trinajstić information content (AvgIpc) is 3.21. The van der Waals surface area contributed by atoms with Crippen LogP contribution < -0.4 is 4.74 Å². The lowest BCUT2D eigenvalue weighted by Gasteiger charge is -2.29. The number of carbonyl (C=O) groups is 4. The lowest BCUT2D eigenvalue weighted by molar-refractivity contribution is -0.158. The van der Waals surface area contributed by atoms with Crippen molar-refractivity contribution in [2.24, 2.45) is 5.11 Å². The molecule has 0 aliphatic rings. The molecule has 0 spiro atoms. The summed E-state index contributed by atoms with van der Waals surface area (Å²) in [7, 11) is 1.04. The van der Waals surface area contributed by atoms with Crippen molar-refractivity contribution in [3.63, 3.8) is 0 Å². The molecule has 59 heavy (non-hydrogen) atoms. The van der Waals surface area contributed by atoms with E-state index in [0.29, 0.717) is 12.0 Å². The van der Waals surface area contributed by atoms with Crippen LogP contribution in [0.3, 0.4) is 0 Å². The van der Waals surface area contributed by atoms with Gasteiger partial charge in [-0.15, -0.1) is 0 Å². The van der Waals surface area contributed by atoms with Crippen molar-refractivity contribution in [2.45, 2.75) is 78.0 Å². The van der Waals surface area contributed by atoms with Crippen LogP contribution >= 0.6 is 0 Å². The molecule has 18 heteroatoms. The first-order valence-electron chi connectivity index (χ1n) is 18.2. The van der Waals surface area contributed by atoms with Gasteiger partial charge in [-0.25, -0.2) is 0 Å². The Hall–Kier alpha value is -6.59. The Kier molecular flexibility index (Phi) is 19.8. The van der Waals surface area contributed by atoms with Gasteiger partial charge in [-0.1, -0.05) is 77.9 Å². The number of methoxy groups -OCH3 is 1. The number of azide groups is 1. The van der Waals surface area contributed by atoms with Gasteiger partial charge in [0.2, 0.25) is 11.5 Å². The number of aliphatic hydroxyl groups excluding tert-OH is 3. The number of benzene rings is 3. The van der Waals surface area contributed by atoms with Crippen LogP contribution in [0, 0.1) is 0 Å². The summed E-state index contributed by atoms with van der Waals surface area (Å²) in [4.78, 5) is 51.8. The van der Waals surface area contributed by atoms with Gasteiger partial charge in [0.1, 0.15) is 12.4 Å². The highest BCUT2D eigenvalue weighted by molar-refractivity contribution is 5.72. The van der Waals surface area contributed by atoms with Gasteiger partial charge in [0.25, 0.3) is 12.6 Å². The highest BCUT2D eigenvalue weighted by atomic mass is 16.7. The molecule has 0 saturated heterocycles. The second-order valence-electron chi connectivity index (χ2n) is 12.4. The summed E-state index contributed by atoms with van der Waals surface area (Å²) in [5.41, 5.74) is 10.8. The number of carbonyl (C=O) groups excluding carboxylic acids is 4. The molecule has 0 aromatic heterocycles. The SMILES string of the molecule is COC(=O)C[C@@H](OC(C)=O)/C(O)=C(\OC(C)=O)[C@@H](O)O/C(=C(/OCc1ccccc1)[C@@H](O)Oc1ccc(CCN=[N+]=[N-])cc1)[C@H](CCOCc1ccccc1)OC(C)=O. The van der Waals surface area contributed by atoms with Crippen molar-refractivity contribution in [3.8, 4) is 5.75 Å². The van der Waals surface area contributed by atoms with E-state index >= 15 is 0 Å². The molecule has 0 heterocycles. The molecule has 0 bridgehead atoms. The first-order chi connectivity index (χ1) is 28.3. The summed E-state index contributed by atoms with van der Waals surface area (Å²) in [5, 5.41) is 38.1. The Morgan fingerprint density at radius 2 is 1.31 bits per heavy atom. The van der Waals surface area contributed by atoms with Crippen LogP contribution in [0.1, 0.15) is 50.3 Å². The van der Waals surface area contributed by atoms with E-state index in [-0.39, 0.29) is 38.5 Å². The van der Waals surface area contributed by atoms with Gasteiger partial charge in [-0.3, -0.25) is 19.2 Å². The normalized spacial score (nSPS) is 13.7. The highest BCUT2D eigenvalue weighted by Crippen LogP contribution is 2.29. The summed E-state index contributed by atoms with van der Waals surface area (Å²) < 4.78 is 44.2. The van der Waals surface area contributed by atoms with E-state index in [0.717, 1.165) is 39.0 Å². The summed E-state index contributed by atoms with van der Waals surface area (Å²) in [5.74, 6) is -7.00. The van der Waals surface area contributed by atoms with Crippen molar-refractivity contribution >= 4 is 23.9 Å². The van der Waals surface area contributed by atoms with Crippen molar-refractivity contribution in [1.29, 1.82) is 0 Å². The summed E-state index contributed by atoms with van der Waals surface area (Å²) >= 11 is 0. The summed E-state index contributed by atoms with van der Waals surface area (Å²) in [6.07, 6.45) is -8.46. The molecule has 4 atom stereocenters. The Balaban J connectivity index is 2.20. The Morgan fingerprint density at radius 1 is 0.712 bits per heavy atom. The van der Waals surface area contributed by atoms with Crippen LogP contribution in [0.15, 0.2) is 113 Å². The molecular weight excluding hydrogens is 774 g/mol. The van der Waals surface area contributed by atoms with Crippen molar-refractivity contribution in [3.05, 3.63) is 135 Å². The van der Waals surface area contributed by atoms with Crippen molar-refractivity contribution in [1.82, 2.24) is 0 Å². The monoisotopic (exact) mass is 821 g/mol. The summed E-state index contributed by atoms with van der Waals surface area (Å²) in [6, 6.07) is 24.2. The van der Waals surface area contributed by atoms with E-state index in [2.05, 4.69) is 14.8 Å². The topological polar surface area (TPSA) is 252 Å². The number of nitrogens with zero attached hydrogens (tertiary/aromatic N) is 3. The highest BCUT2D eigenvalue weighted by Gasteiger charge is 2.36. The van der Waals surface area contributed by atoms with Crippen molar-refractivity contribution in [2.75, 3.05) is 20.3 Å². The van der Waals surface area contributed by atoms with Gasteiger partial charge >= 0.3 is 23.9 Å². The van der Waals surface area contributed by atoms with Crippen LogP contribution in [0.25, 0.3) is 10.4 Å². The lowest BCUT2D eigenvalue weighted by atomic mass is 10.1. The quantitative estimate of drug-likeness (QED) is 0.0150. The molecule has 3 N–H and O–H groups in total. The third-order valence-corrected chi connectivity index (χ3v) is 7.84. The van der Waals surface area contributed by atoms with E-state index in [1.165, 1.54) is 12.1 Å². The number of esters is 4. The van der Waals surface area contributed by atoms with Crippen LogP contribution in [0.5, 0.6) is 5.75 Å². The number of aliphatic hydroxyl groups is 3. The molecule has 18 nitrogen and oxygen atoms in total. The smallest absolute Gasteiger partial charge is 0.309 e. The van der Waals surface area contributed by atoms with Crippen LogP contribution in [-0.4, -0.2) is 84.2 Å². The van der Waals surface area contributed by atoms with E-state index in [1.807, 2.05) is 30.3 Å². The molecule has 316 valence electrons. The molecule has 0 saturated carbocycles. The van der Waals surface area contributed by atoms with Gasteiger partial charge in [-0.2, -0.15) is 0 Å². The maximum absolute atomic E-state index is 12.6. The van der Waals surface area contributed by atoms with E-state index < -0.39 is 78.1 Å². The zero-order valence-corrected chi connectivity index (χ0v) is 32.9. The molecule has 0 fully saturated rings. The van der Waals surface area contributed by atoms with Crippen LogP contribution in [0.4, 0.5) is 0 Å². The third kappa shape index (κ3) is 16.8. The fourth-order valence-electron chi connectivity index (χ4n) is 5.18. The summed E-state index contributed by atoms with van der Waals surface area (Å²) in [6.45, 7) is 3.04. The molecule has 0 aliphatic heterocycles. The zero-order chi connectivity index (χ0) is 43.2.